The fourth-order valence-corrected chi connectivity index (χ4v) is 2.36. The molecule has 0 fully saturated rings. The third-order valence-corrected chi connectivity index (χ3v) is 3.76. The number of aldehydes is 1. The van der Waals surface area contributed by atoms with Gasteiger partial charge in [0.25, 0.3) is 0 Å². The van der Waals surface area contributed by atoms with Crippen LogP contribution < -0.4 is 5.59 Å². The predicted octanol–water partition coefficient (Wildman–Crippen LogP) is 2.39. The monoisotopic (exact) mass is 294 g/mol. The van der Waals surface area contributed by atoms with Crippen LogP contribution in [0, 0.1) is 0 Å². The number of ether oxygens (including phenoxy) is 1. The Hall–Kier alpha value is -1.94. The summed E-state index contributed by atoms with van der Waals surface area (Å²) in [6.07, 6.45) is 3.35. The van der Waals surface area contributed by atoms with Crippen molar-refractivity contribution in [1.29, 1.82) is 0 Å². The second-order valence-corrected chi connectivity index (χ2v) is 5.25. The third kappa shape index (κ3) is 4.53. The zero-order valence-electron chi connectivity index (χ0n) is 13.2. The second kappa shape index (κ2) is 8.49. The summed E-state index contributed by atoms with van der Waals surface area (Å²) in [6, 6.07) is 14.0. The molecule has 22 heavy (non-hydrogen) atoms. The average Bonchev–Trinajstić information content (AvgIpc) is 2.58. The van der Waals surface area contributed by atoms with Gasteiger partial charge in [-0.15, -0.1) is 0 Å². The number of aromatic nitrogens is 1. The molecule has 0 N–H and O–H groups in total. The molecule has 0 bridgehead atoms. The zero-order valence-corrected chi connectivity index (χ0v) is 13.2. The van der Waals surface area contributed by atoms with Crippen LogP contribution in [0.5, 0.6) is 0 Å². The SMILES string of the molecule is CCC(Cc1nc([B]Cc2ccccc2)ccc1C=O)OC. The Morgan fingerprint density at radius 3 is 2.64 bits per heavy atom. The standard InChI is InChI=1S/C18H21BNO2/c1-3-16(22-2)11-17-15(13-21)9-10-18(20-17)19-12-14-7-5-4-6-8-14/h4-10,13,16H,3,11-12H2,1-2H3. The summed E-state index contributed by atoms with van der Waals surface area (Å²) < 4.78 is 5.41. The summed E-state index contributed by atoms with van der Waals surface area (Å²) in [5.74, 6) is 0. The number of carbonyl (C=O) groups is 1. The van der Waals surface area contributed by atoms with Crippen LogP contribution in [0.1, 0.15) is 35.0 Å². The smallest absolute Gasteiger partial charge is 0.182 e. The van der Waals surface area contributed by atoms with E-state index in [0.29, 0.717) is 12.0 Å². The van der Waals surface area contributed by atoms with Crippen LogP contribution in [0.3, 0.4) is 0 Å². The summed E-state index contributed by atoms with van der Waals surface area (Å²) in [7, 11) is 3.78. The number of pyridine rings is 1. The van der Waals surface area contributed by atoms with E-state index >= 15 is 0 Å². The molecule has 1 aromatic carbocycles. The fourth-order valence-electron chi connectivity index (χ4n) is 2.36. The van der Waals surface area contributed by atoms with Gasteiger partial charge in [0.2, 0.25) is 0 Å². The Kier molecular flexibility index (Phi) is 6.35. The minimum atomic E-state index is 0.0931. The lowest BCUT2D eigenvalue weighted by Gasteiger charge is -2.14. The molecule has 0 saturated carbocycles. The van der Waals surface area contributed by atoms with Crippen LogP contribution in [0.25, 0.3) is 0 Å². The van der Waals surface area contributed by atoms with Gasteiger partial charge in [0.05, 0.1) is 11.8 Å². The lowest BCUT2D eigenvalue weighted by molar-refractivity contribution is 0.0984. The molecule has 3 nitrogen and oxygen atoms in total. The molecular formula is C18H21BNO2. The first-order chi connectivity index (χ1) is 10.8. The van der Waals surface area contributed by atoms with Crippen molar-refractivity contribution >= 4 is 19.2 Å². The summed E-state index contributed by atoms with van der Waals surface area (Å²) in [4.78, 5) is 15.8. The quantitative estimate of drug-likeness (QED) is 0.554. The van der Waals surface area contributed by atoms with E-state index in [9.17, 15) is 4.79 Å². The first-order valence-electron chi connectivity index (χ1n) is 7.61. The van der Waals surface area contributed by atoms with Crippen molar-refractivity contribution in [1.82, 2.24) is 4.98 Å². The van der Waals surface area contributed by atoms with E-state index in [4.69, 9.17) is 4.74 Å². The Morgan fingerprint density at radius 1 is 1.23 bits per heavy atom. The van der Waals surface area contributed by atoms with Gasteiger partial charge >= 0.3 is 0 Å². The molecule has 0 aliphatic rings. The van der Waals surface area contributed by atoms with Crippen LogP contribution in [0.15, 0.2) is 42.5 Å². The van der Waals surface area contributed by atoms with E-state index in [1.165, 1.54) is 5.56 Å². The molecule has 1 heterocycles. The first kappa shape index (κ1) is 16.4. The van der Waals surface area contributed by atoms with Crippen LogP contribution in [0.2, 0.25) is 0 Å². The second-order valence-electron chi connectivity index (χ2n) is 5.25. The number of methoxy groups -OCH3 is 1. The lowest BCUT2D eigenvalue weighted by atomic mass is 9.68. The Morgan fingerprint density at radius 2 is 2.00 bits per heavy atom. The van der Waals surface area contributed by atoms with Gasteiger partial charge in [0.1, 0.15) is 0 Å². The minimum absolute atomic E-state index is 0.0931. The predicted molar refractivity (Wildman–Crippen MR) is 90.0 cm³/mol. The molecule has 0 saturated heterocycles. The highest BCUT2D eigenvalue weighted by molar-refractivity contribution is 6.51. The maximum atomic E-state index is 11.2. The van der Waals surface area contributed by atoms with Gasteiger partial charge < -0.3 is 4.74 Å². The maximum absolute atomic E-state index is 11.2. The van der Waals surface area contributed by atoms with Crippen molar-refractivity contribution in [3.8, 4) is 0 Å². The molecular weight excluding hydrogens is 273 g/mol. The summed E-state index contributed by atoms with van der Waals surface area (Å²) in [5, 5.41) is 0. The first-order valence-corrected chi connectivity index (χ1v) is 7.61. The number of rotatable bonds is 8. The molecule has 113 valence electrons. The molecule has 0 aliphatic carbocycles. The fraction of sp³-hybridized carbons (Fsp3) is 0.333. The number of hydrogen-bond donors (Lipinski definition) is 0. The topological polar surface area (TPSA) is 39.2 Å². The molecule has 0 spiro atoms. The van der Waals surface area contributed by atoms with Crippen LogP contribution in [0.4, 0.5) is 0 Å². The van der Waals surface area contributed by atoms with Crippen molar-refractivity contribution < 1.29 is 9.53 Å². The van der Waals surface area contributed by atoms with Crippen LogP contribution in [-0.2, 0) is 17.5 Å². The molecule has 1 aromatic heterocycles. The minimum Gasteiger partial charge on any atom is -0.381 e. The maximum Gasteiger partial charge on any atom is 0.182 e. The summed E-state index contributed by atoms with van der Waals surface area (Å²) in [6.45, 7) is 2.07. The molecule has 1 unspecified atom stereocenters. The van der Waals surface area contributed by atoms with Gasteiger partial charge in [-0.25, -0.2) is 0 Å². The van der Waals surface area contributed by atoms with E-state index in [1.807, 2.05) is 30.3 Å². The van der Waals surface area contributed by atoms with Crippen molar-refractivity contribution in [3.63, 3.8) is 0 Å². The van der Waals surface area contributed by atoms with Gasteiger partial charge in [-0.1, -0.05) is 48.9 Å². The van der Waals surface area contributed by atoms with E-state index in [-0.39, 0.29) is 6.10 Å². The largest absolute Gasteiger partial charge is 0.381 e. The van der Waals surface area contributed by atoms with Crippen molar-refractivity contribution in [3.05, 3.63) is 59.3 Å². The number of benzene rings is 1. The van der Waals surface area contributed by atoms with E-state index in [0.717, 1.165) is 30.3 Å². The van der Waals surface area contributed by atoms with Gasteiger partial charge in [-0.05, 0) is 24.4 Å². The van der Waals surface area contributed by atoms with Crippen molar-refractivity contribution in [2.24, 2.45) is 0 Å². The lowest BCUT2D eigenvalue weighted by Crippen LogP contribution is -2.24. The number of carbonyl (C=O) groups excluding carboxylic acids is 1. The highest BCUT2D eigenvalue weighted by Gasteiger charge is 2.12. The van der Waals surface area contributed by atoms with Crippen molar-refractivity contribution in [2.45, 2.75) is 32.2 Å². The Labute approximate surface area is 133 Å². The van der Waals surface area contributed by atoms with Crippen molar-refractivity contribution in [2.75, 3.05) is 7.11 Å². The molecule has 1 radical (unpaired) electrons. The Balaban J connectivity index is 2.10. The molecule has 0 amide bonds. The Bertz CT molecular complexity index is 597. The highest BCUT2D eigenvalue weighted by atomic mass is 16.5. The van der Waals surface area contributed by atoms with Gasteiger partial charge in [0, 0.05) is 19.1 Å². The third-order valence-electron chi connectivity index (χ3n) is 3.76. The molecule has 2 rings (SSSR count). The van der Waals surface area contributed by atoms with E-state index in [2.05, 4.69) is 31.3 Å². The van der Waals surface area contributed by atoms with Gasteiger partial charge in [-0.2, -0.15) is 0 Å². The van der Waals surface area contributed by atoms with E-state index in [1.54, 1.807) is 7.11 Å². The van der Waals surface area contributed by atoms with E-state index < -0.39 is 0 Å². The molecule has 1 atom stereocenters. The molecule has 0 aliphatic heterocycles. The normalized spacial score (nSPS) is 11.9. The zero-order chi connectivity index (χ0) is 15.8. The number of hydrogen-bond acceptors (Lipinski definition) is 3. The van der Waals surface area contributed by atoms with Crippen LogP contribution >= 0.6 is 0 Å². The molecule has 2 aromatic rings. The highest BCUT2D eigenvalue weighted by Crippen LogP contribution is 2.09. The van der Waals surface area contributed by atoms with Gasteiger partial charge in [-0.3, -0.25) is 9.78 Å². The van der Waals surface area contributed by atoms with Crippen LogP contribution in [-0.4, -0.2) is 31.8 Å². The summed E-state index contributed by atoms with van der Waals surface area (Å²) >= 11 is 0. The average molecular weight is 294 g/mol. The number of nitrogens with zero attached hydrogens (tertiary/aromatic N) is 1. The van der Waals surface area contributed by atoms with Gasteiger partial charge in [0.15, 0.2) is 13.6 Å². The summed E-state index contributed by atoms with van der Waals surface area (Å²) in [5.41, 5.74) is 3.60. The molecule has 4 heteroatoms.